The number of anilines is 1. The van der Waals surface area contributed by atoms with Crippen molar-refractivity contribution < 1.29 is 28.7 Å². The Hall–Kier alpha value is -5.12. The molecular formula is C30H30N4O6. The Morgan fingerprint density at radius 3 is 2.42 bits per heavy atom. The SMILES string of the molecule is COC(=O)[C@H](CCC(=O)Nc1cccc2c1ccn2Cc1cccc(C(N)=O)c1)NC(=O)OCc1ccccc1. The summed E-state index contributed by atoms with van der Waals surface area (Å²) in [5, 5.41) is 6.19. The van der Waals surface area contributed by atoms with Crippen LogP contribution in [0.5, 0.6) is 0 Å². The number of benzene rings is 3. The summed E-state index contributed by atoms with van der Waals surface area (Å²) in [6.07, 6.45) is 1.09. The molecule has 10 heteroatoms. The average molecular weight is 543 g/mol. The van der Waals surface area contributed by atoms with Crippen molar-refractivity contribution in [2.75, 3.05) is 12.4 Å². The monoisotopic (exact) mass is 542 g/mol. The van der Waals surface area contributed by atoms with E-state index in [1.165, 1.54) is 7.11 Å². The molecule has 0 aliphatic carbocycles. The molecule has 4 N–H and O–H groups in total. The number of primary amides is 1. The molecule has 0 bridgehead atoms. The summed E-state index contributed by atoms with van der Waals surface area (Å²) in [6.45, 7) is 0.552. The third kappa shape index (κ3) is 7.25. The number of carbonyl (C=O) groups is 4. The van der Waals surface area contributed by atoms with Crippen LogP contribution in [0.25, 0.3) is 10.9 Å². The minimum atomic E-state index is -1.05. The van der Waals surface area contributed by atoms with Gasteiger partial charge in [-0.3, -0.25) is 9.59 Å². The maximum atomic E-state index is 12.8. The van der Waals surface area contributed by atoms with E-state index in [0.717, 1.165) is 22.0 Å². The lowest BCUT2D eigenvalue weighted by atomic mass is 10.1. The van der Waals surface area contributed by atoms with Crippen LogP contribution in [0.1, 0.15) is 34.3 Å². The van der Waals surface area contributed by atoms with Gasteiger partial charge in [0.2, 0.25) is 11.8 Å². The highest BCUT2D eigenvalue weighted by atomic mass is 16.6. The first-order valence-electron chi connectivity index (χ1n) is 12.7. The lowest BCUT2D eigenvalue weighted by Gasteiger charge is -2.16. The van der Waals surface area contributed by atoms with Crippen LogP contribution in [0.15, 0.2) is 85.1 Å². The second-order valence-corrected chi connectivity index (χ2v) is 9.12. The number of hydrogen-bond acceptors (Lipinski definition) is 6. The number of rotatable bonds is 11. The van der Waals surface area contributed by atoms with Crippen molar-refractivity contribution in [3.63, 3.8) is 0 Å². The third-order valence-corrected chi connectivity index (χ3v) is 6.30. The molecule has 0 fully saturated rings. The van der Waals surface area contributed by atoms with E-state index in [1.54, 1.807) is 24.3 Å². The van der Waals surface area contributed by atoms with Gasteiger partial charge >= 0.3 is 12.1 Å². The average Bonchev–Trinajstić information content (AvgIpc) is 3.38. The van der Waals surface area contributed by atoms with E-state index in [2.05, 4.69) is 10.6 Å². The summed E-state index contributed by atoms with van der Waals surface area (Å²) in [6, 6.07) is 22.6. The smallest absolute Gasteiger partial charge is 0.408 e. The number of ether oxygens (including phenoxy) is 2. The molecule has 4 rings (SSSR count). The van der Waals surface area contributed by atoms with Gasteiger partial charge in [-0.2, -0.15) is 0 Å². The Bertz CT molecular complexity index is 1520. The first kappa shape index (κ1) is 27.9. The molecule has 1 atom stereocenters. The summed E-state index contributed by atoms with van der Waals surface area (Å²) in [5.41, 5.74) is 9.04. The summed E-state index contributed by atoms with van der Waals surface area (Å²) in [5.74, 6) is -1.50. The highest BCUT2D eigenvalue weighted by Gasteiger charge is 2.23. The third-order valence-electron chi connectivity index (χ3n) is 6.30. The molecule has 0 aliphatic heterocycles. The number of nitrogens with zero attached hydrogens (tertiary/aromatic N) is 1. The Kier molecular flexibility index (Phi) is 9.14. The molecule has 3 amide bonds. The molecule has 4 aromatic rings. The maximum Gasteiger partial charge on any atom is 0.408 e. The fourth-order valence-corrected chi connectivity index (χ4v) is 4.28. The number of amides is 3. The van der Waals surface area contributed by atoms with E-state index < -0.39 is 24.0 Å². The van der Waals surface area contributed by atoms with Gasteiger partial charge in [0.25, 0.3) is 0 Å². The van der Waals surface area contributed by atoms with Gasteiger partial charge in [0.15, 0.2) is 0 Å². The number of fused-ring (bicyclic) bond motifs is 1. The molecule has 40 heavy (non-hydrogen) atoms. The number of hydrogen-bond donors (Lipinski definition) is 3. The second-order valence-electron chi connectivity index (χ2n) is 9.12. The van der Waals surface area contributed by atoms with Gasteiger partial charge in [-0.15, -0.1) is 0 Å². The first-order chi connectivity index (χ1) is 19.3. The van der Waals surface area contributed by atoms with Crippen molar-refractivity contribution in [1.29, 1.82) is 0 Å². The predicted molar refractivity (Wildman–Crippen MR) is 149 cm³/mol. The first-order valence-corrected chi connectivity index (χ1v) is 12.7. The fourth-order valence-electron chi connectivity index (χ4n) is 4.28. The Morgan fingerprint density at radius 2 is 1.68 bits per heavy atom. The molecular weight excluding hydrogens is 512 g/mol. The van der Waals surface area contributed by atoms with E-state index in [9.17, 15) is 19.2 Å². The van der Waals surface area contributed by atoms with E-state index >= 15 is 0 Å². The van der Waals surface area contributed by atoms with Gasteiger partial charge in [-0.05, 0) is 47.9 Å². The normalized spacial score (nSPS) is 11.4. The van der Waals surface area contributed by atoms with Gasteiger partial charge in [0, 0.05) is 30.1 Å². The number of methoxy groups -OCH3 is 1. The van der Waals surface area contributed by atoms with Gasteiger partial charge in [0.1, 0.15) is 12.6 Å². The lowest BCUT2D eigenvalue weighted by Crippen LogP contribution is -2.42. The molecule has 1 aromatic heterocycles. The highest BCUT2D eigenvalue weighted by molar-refractivity contribution is 6.01. The quantitative estimate of drug-likeness (QED) is 0.245. The van der Waals surface area contributed by atoms with Crippen LogP contribution in [0.4, 0.5) is 10.5 Å². The summed E-state index contributed by atoms with van der Waals surface area (Å²) >= 11 is 0. The largest absolute Gasteiger partial charge is 0.467 e. The molecule has 10 nitrogen and oxygen atoms in total. The van der Waals surface area contributed by atoms with Crippen LogP contribution in [0.3, 0.4) is 0 Å². The number of esters is 1. The van der Waals surface area contributed by atoms with Crippen molar-refractivity contribution in [2.24, 2.45) is 5.73 Å². The van der Waals surface area contributed by atoms with Crippen molar-refractivity contribution >= 4 is 40.5 Å². The molecule has 206 valence electrons. The number of aromatic nitrogens is 1. The van der Waals surface area contributed by atoms with Gasteiger partial charge in [0.05, 0.1) is 18.3 Å². The molecule has 3 aromatic carbocycles. The van der Waals surface area contributed by atoms with Crippen molar-refractivity contribution in [2.45, 2.75) is 32.0 Å². The molecule has 0 unspecified atom stereocenters. The summed E-state index contributed by atoms with van der Waals surface area (Å²) < 4.78 is 12.0. The molecule has 0 spiro atoms. The number of nitrogens with one attached hydrogen (secondary N) is 2. The van der Waals surface area contributed by atoms with Crippen LogP contribution in [-0.4, -0.2) is 41.6 Å². The van der Waals surface area contributed by atoms with Crippen molar-refractivity contribution in [3.8, 4) is 0 Å². The second kappa shape index (κ2) is 13.1. The zero-order valence-corrected chi connectivity index (χ0v) is 22.0. The molecule has 0 radical (unpaired) electrons. The lowest BCUT2D eigenvalue weighted by molar-refractivity contribution is -0.143. The minimum Gasteiger partial charge on any atom is -0.467 e. The predicted octanol–water partition coefficient (Wildman–Crippen LogP) is 3.98. The van der Waals surface area contributed by atoms with Crippen LogP contribution in [0.2, 0.25) is 0 Å². The number of carbonyl (C=O) groups excluding carboxylic acids is 4. The summed E-state index contributed by atoms with van der Waals surface area (Å²) in [4.78, 5) is 48.8. The highest BCUT2D eigenvalue weighted by Crippen LogP contribution is 2.26. The fraction of sp³-hybridized carbons (Fsp3) is 0.200. The number of nitrogens with two attached hydrogens (primary N) is 1. The van der Waals surface area contributed by atoms with E-state index in [-0.39, 0.29) is 25.4 Å². The maximum absolute atomic E-state index is 12.8. The standard InChI is InChI=1S/C30H30N4O6/c1-39-29(37)25(33-30(38)40-19-20-7-3-2-4-8-20)13-14-27(35)32-24-11-6-12-26-23(24)15-16-34(26)18-21-9-5-10-22(17-21)28(31)36/h2-12,15-17,25H,13-14,18-19H2,1H3,(H2,31,36)(H,32,35)(H,33,38)/t25-/m0/s1. The Labute approximate surface area is 231 Å². The zero-order chi connectivity index (χ0) is 28.5. The minimum absolute atomic E-state index is 0.0200. The van der Waals surface area contributed by atoms with E-state index in [1.807, 2.05) is 65.4 Å². The Balaban J connectivity index is 1.36. The number of alkyl carbamates (subject to hydrolysis) is 1. The Morgan fingerprint density at radius 1 is 0.925 bits per heavy atom. The van der Waals surface area contributed by atoms with Gasteiger partial charge in [-0.1, -0.05) is 48.5 Å². The summed E-state index contributed by atoms with van der Waals surface area (Å²) in [7, 11) is 1.21. The molecule has 0 saturated carbocycles. The van der Waals surface area contributed by atoms with Gasteiger partial charge < -0.3 is 30.4 Å². The van der Waals surface area contributed by atoms with Crippen LogP contribution in [-0.2, 0) is 32.2 Å². The molecule has 0 saturated heterocycles. The van der Waals surface area contributed by atoms with Crippen LogP contribution >= 0.6 is 0 Å². The van der Waals surface area contributed by atoms with E-state index in [4.69, 9.17) is 15.2 Å². The topological polar surface area (TPSA) is 142 Å². The zero-order valence-electron chi connectivity index (χ0n) is 22.0. The molecule has 1 heterocycles. The van der Waals surface area contributed by atoms with E-state index in [0.29, 0.717) is 17.8 Å². The van der Waals surface area contributed by atoms with Crippen LogP contribution < -0.4 is 16.4 Å². The van der Waals surface area contributed by atoms with Crippen molar-refractivity contribution in [1.82, 2.24) is 9.88 Å². The van der Waals surface area contributed by atoms with Gasteiger partial charge in [-0.25, -0.2) is 9.59 Å². The van der Waals surface area contributed by atoms with Crippen LogP contribution in [0, 0.1) is 0 Å². The molecule has 0 aliphatic rings. The van der Waals surface area contributed by atoms with Crippen molar-refractivity contribution in [3.05, 3.63) is 102 Å².